The lowest BCUT2D eigenvalue weighted by molar-refractivity contribution is -0.120. The third kappa shape index (κ3) is 5.20. The molecule has 0 aromatic heterocycles. The SMILES string of the molecule is C[C@H](NCC(=O)NCc1ccccc1)c1cc(F)c(Cl)cc1Cl. The molecule has 1 amide bonds. The van der Waals surface area contributed by atoms with Gasteiger partial charge in [-0.25, -0.2) is 4.39 Å². The fraction of sp³-hybridized carbons (Fsp3) is 0.235. The molecule has 2 aromatic carbocycles. The Kier molecular flexibility index (Phi) is 6.39. The monoisotopic (exact) mass is 354 g/mol. The van der Waals surface area contributed by atoms with E-state index in [-0.39, 0.29) is 23.5 Å². The molecule has 2 rings (SSSR count). The van der Waals surface area contributed by atoms with Gasteiger partial charge in [-0.1, -0.05) is 53.5 Å². The van der Waals surface area contributed by atoms with Gasteiger partial charge in [0, 0.05) is 17.6 Å². The van der Waals surface area contributed by atoms with Gasteiger partial charge < -0.3 is 10.6 Å². The van der Waals surface area contributed by atoms with Crippen LogP contribution in [0, 0.1) is 5.82 Å². The molecule has 6 heteroatoms. The molecule has 2 N–H and O–H groups in total. The van der Waals surface area contributed by atoms with Crippen LogP contribution >= 0.6 is 23.2 Å². The van der Waals surface area contributed by atoms with Crippen LogP contribution in [-0.2, 0) is 11.3 Å². The molecule has 0 aliphatic rings. The Morgan fingerprint density at radius 1 is 1.17 bits per heavy atom. The van der Waals surface area contributed by atoms with Gasteiger partial charge in [0.25, 0.3) is 0 Å². The molecule has 0 fully saturated rings. The molecule has 0 unspecified atom stereocenters. The number of carbonyl (C=O) groups is 1. The average Bonchev–Trinajstić information content (AvgIpc) is 2.55. The standard InChI is InChI=1S/C17H17Cl2FN2O/c1-11(13-7-16(20)15(19)8-14(13)18)21-10-17(23)22-9-12-5-3-2-4-6-12/h2-8,11,21H,9-10H2,1H3,(H,22,23)/t11-/m0/s1. The van der Waals surface area contributed by atoms with Crippen molar-refractivity contribution >= 4 is 29.1 Å². The van der Waals surface area contributed by atoms with Gasteiger partial charge in [0.1, 0.15) is 5.82 Å². The minimum atomic E-state index is -0.534. The maximum Gasteiger partial charge on any atom is 0.234 e. The molecule has 0 heterocycles. The number of benzene rings is 2. The molecule has 0 spiro atoms. The van der Waals surface area contributed by atoms with E-state index in [1.54, 1.807) is 6.92 Å². The van der Waals surface area contributed by atoms with Crippen LogP contribution < -0.4 is 10.6 Å². The van der Waals surface area contributed by atoms with Crippen LogP contribution in [0.3, 0.4) is 0 Å². The summed E-state index contributed by atoms with van der Waals surface area (Å²) in [5.41, 5.74) is 1.58. The van der Waals surface area contributed by atoms with E-state index < -0.39 is 5.82 Å². The number of halogens is 3. The molecule has 3 nitrogen and oxygen atoms in total. The van der Waals surface area contributed by atoms with Crippen molar-refractivity contribution in [1.82, 2.24) is 10.6 Å². The summed E-state index contributed by atoms with van der Waals surface area (Å²) in [7, 11) is 0. The van der Waals surface area contributed by atoms with Crippen molar-refractivity contribution in [1.29, 1.82) is 0 Å². The van der Waals surface area contributed by atoms with E-state index in [2.05, 4.69) is 10.6 Å². The Morgan fingerprint density at radius 3 is 2.57 bits per heavy atom. The Balaban J connectivity index is 1.85. The summed E-state index contributed by atoms with van der Waals surface area (Å²) in [4.78, 5) is 11.9. The quantitative estimate of drug-likeness (QED) is 0.766. The summed E-state index contributed by atoms with van der Waals surface area (Å²) in [6.07, 6.45) is 0. The van der Waals surface area contributed by atoms with Crippen LogP contribution in [0.25, 0.3) is 0 Å². The zero-order valence-corrected chi connectivity index (χ0v) is 14.1. The van der Waals surface area contributed by atoms with Gasteiger partial charge in [-0.05, 0) is 30.2 Å². The topological polar surface area (TPSA) is 41.1 Å². The molecule has 0 saturated carbocycles. The number of rotatable bonds is 6. The van der Waals surface area contributed by atoms with Gasteiger partial charge in [0.15, 0.2) is 0 Å². The van der Waals surface area contributed by atoms with E-state index in [4.69, 9.17) is 23.2 Å². The molecule has 0 saturated heterocycles. The van der Waals surface area contributed by atoms with Gasteiger partial charge >= 0.3 is 0 Å². The highest BCUT2D eigenvalue weighted by molar-refractivity contribution is 6.35. The minimum Gasteiger partial charge on any atom is -0.351 e. The Bertz CT molecular complexity index is 680. The normalized spacial score (nSPS) is 12.0. The number of amides is 1. The third-order valence-electron chi connectivity index (χ3n) is 3.41. The first-order chi connectivity index (χ1) is 11.0. The molecular weight excluding hydrogens is 338 g/mol. The Hall–Kier alpha value is -1.62. The Labute approximate surface area is 144 Å². The number of hydrogen-bond acceptors (Lipinski definition) is 2. The number of hydrogen-bond donors (Lipinski definition) is 2. The largest absolute Gasteiger partial charge is 0.351 e. The van der Waals surface area contributed by atoms with Gasteiger partial charge in [0.2, 0.25) is 5.91 Å². The number of carbonyl (C=O) groups excluding carboxylic acids is 1. The number of nitrogens with one attached hydrogen (secondary N) is 2. The fourth-order valence-electron chi connectivity index (χ4n) is 2.08. The molecule has 23 heavy (non-hydrogen) atoms. The van der Waals surface area contributed by atoms with Crippen LogP contribution in [0.5, 0.6) is 0 Å². The highest BCUT2D eigenvalue weighted by Crippen LogP contribution is 2.28. The van der Waals surface area contributed by atoms with E-state index in [1.807, 2.05) is 30.3 Å². The van der Waals surface area contributed by atoms with E-state index >= 15 is 0 Å². The lowest BCUT2D eigenvalue weighted by atomic mass is 10.1. The molecule has 0 aliphatic carbocycles. The molecule has 0 bridgehead atoms. The van der Waals surface area contributed by atoms with Crippen molar-refractivity contribution < 1.29 is 9.18 Å². The van der Waals surface area contributed by atoms with Gasteiger partial charge in [-0.3, -0.25) is 4.79 Å². The highest BCUT2D eigenvalue weighted by atomic mass is 35.5. The van der Waals surface area contributed by atoms with Crippen LogP contribution in [0.1, 0.15) is 24.1 Å². The summed E-state index contributed by atoms with van der Waals surface area (Å²) >= 11 is 11.7. The van der Waals surface area contributed by atoms with Gasteiger partial charge in [-0.2, -0.15) is 0 Å². The lowest BCUT2D eigenvalue weighted by Crippen LogP contribution is -2.34. The molecule has 0 aliphatic heterocycles. The average molecular weight is 355 g/mol. The first kappa shape index (κ1) is 17.7. The molecule has 1 atom stereocenters. The Morgan fingerprint density at radius 2 is 1.87 bits per heavy atom. The van der Waals surface area contributed by atoms with Crippen LogP contribution in [0.4, 0.5) is 4.39 Å². The second-order valence-electron chi connectivity index (χ2n) is 5.15. The van der Waals surface area contributed by atoms with E-state index in [1.165, 1.54) is 12.1 Å². The van der Waals surface area contributed by atoms with Crippen molar-refractivity contribution in [2.45, 2.75) is 19.5 Å². The van der Waals surface area contributed by atoms with Crippen molar-refractivity contribution in [3.05, 3.63) is 69.5 Å². The smallest absolute Gasteiger partial charge is 0.234 e. The van der Waals surface area contributed by atoms with Gasteiger partial charge in [0.05, 0.1) is 11.6 Å². The van der Waals surface area contributed by atoms with Crippen molar-refractivity contribution in [3.63, 3.8) is 0 Å². The maximum atomic E-state index is 13.5. The summed E-state index contributed by atoms with van der Waals surface area (Å²) in [5.74, 6) is -0.681. The summed E-state index contributed by atoms with van der Waals surface area (Å²) in [6.45, 7) is 2.37. The zero-order valence-electron chi connectivity index (χ0n) is 12.6. The van der Waals surface area contributed by atoms with Crippen LogP contribution in [0.15, 0.2) is 42.5 Å². The van der Waals surface area contributed by atoms with Crippen LogP contribution in [-0.4, -0.2) is 12.5 Å². The predicted octanol–water partition coefficient (Wildman–Crippen LogP) is 4.10. The predicted molar refractivity (Wildman–Crippen MR) is 91.1 cm³/mol. The van der Waals surface area contributed by atoms with Crippen molar-refractivity contribution in [3.8, 4) is 0 Å². The summed E-state index contributed by atoms with van der Waals surface area (Å²) in [5, 5.41) is 6.17. The molecular formula is C17H17Cl2FN2O. The van der Waals surface area contributed by atoms with Crippen LogP contribution in [0.2, 0.25) is 10.0 Å². The van der Waals surface area contributed by atoms with Gasteiger partial charge in [-0.15, -0.1) is 0 Å². The maximum absolute atomic E-state index is 13.5. The van der Waals surface area contributed by atoms with E-state index in [0.29, 0.717) is 17.1 Å². The molecule has 0 radical (unpaired) electrons. The molecule has 2 aromatic rings. The zero-order chi connectivity index (χ0) is 16.8. The second-order valence-corrected chi connectivity index (χ2v) is 5.97. The highest BCUT2D eigenvalue weighted by Gasteiger charge is 2.14. The lowest BCUT2D eigenvalue weighted by Gasteiger charge is -2.16. The minimum absolute atomic E-state index is 0.0217. The third-order valence-corrected chi connectivity index (χ3v) is 4.02. The first-order valence-corrected chi connectivity index (χ1v) is 7.91. The second kappa shape index (κ2) is 8.29. The summed E-state index contributed by atoms with van der Waals surface area (Å²) in [6, 6.07) is 12.0. The molecule has 122 valence electrons. The fourth-order valence-corrected chi connectivity index (χ4v) is 2.63. The summed E-state index contributed by atoms with van der Waals surface area (Å²) < 4.78 is 13.5. The first-order valence-electron chi connectivity index (χ1n) is 7.16. The van der Waals surface area contributed by atoms with Crippen molar-refractivity contribution in [2.24, 2.45) is 0 Å². The van der Waals surface area contributed by atoms with E-state index in [9.17, 15) is 9.18 Å². The van der Waals surface area contributed by atoms with E-state index in [0.717, 1.165) is 5.56 Å². The van der Waals surface area contributed by atoms with Crippen molar-refractivity contribution in [2.75, 3.05) is 6.54 Å².